The Bertz CT molecular complexity index is 701. The van der Waals surface area contributed by atoms with Crippen molar-refractivity contribution < 1.29 is 28.5 Å². The van der Waals surface area contributed by atoms with Gasteiger partial charge >= 0.3 is 12.0 Å². The predicted molar refractivity (Wildman–Crippen MR) is 94.1 cm³/mol. The number of benzene rings is 1. The summed E-state index contributed by atoms with van der Waals surface area (Å²) in [6.07, 6.45) is 0. The molecule has 0 fully saturated rings. The molecule has 1 atom stereocenters. The van der Waals surface area contributed by atoms with Crippen LogP contribution in [0.15, 0.2) is 29.5 Å². The number of carbonyl (C=O) groups is 2. The van der Waals surface area contributed by atoms with Gasteiger partial charge in [0.05, 0.1) is 32.4 Å². The average molecular weight is 364 g/mol. The number of urea groups is 1. The minimum Gasteiger partial charge on any atom is -0.497 e. The molecule has 2 rings (SSSR count). The molecule has 0 spiro atoms. The molecular formula is C18H24N2O6. The van der Waals surface area contributed by atoms with Crippen LogP contribution in [-0.2, 0) is 14.3 Å². The van der Waals surface area contributed by atoms with Gasteiger partial charge in [-0.1, -0.05) is 0 Å². The second kappa shape index (κ2) is 9.10. The lowest BCUT2D eigenvalue weighted by Gasteiger charge is -2.29. The SMILES string of the molecule is CCOCCOC(=O)C1=C(C)NC(=O)N[C@H]1c1ccc(OC)cc1OC. The first-order valence-corrected chi connectivity index (χ1v) is 8.26. The van der Waals surface area contributed by atoms with Crippen molar-refractivity contribution in [3.8, 4) is 11.5 Å². The summed E-state index contributed by atoms with van der Waals surface area (Å²) in [7, 11) is 3.06. The molecule has 1 aromatic carbocycles. The predicted octanol–water partition coefficient (Wildman–Crippen LogP) is 1.91. The van der Waals surface area contributed by atoms with E-state index in [2.05, 4.69) is 10.6 Å². The summed E-state index contributed by atoms with van der Waals surface area (Å²) in [5.41, 5.74) is 1.36. The molecule has 1 aliphatic heterocycles. The van der Waals surface area contributed by atoms with Crippen LogP contribution in [0, 0.1) is 0 Å². The Hall–Kier alpha value is -2.74. The third kappa shape index (κ3) is 4.45. The molecule has 0 unspecified atom stereocenters. The van der Waals surface area contributed by atoms with Gasteiger partial charge in [-0.3, -0.25) is 0 Å². The molecule has 0 aromatic heterocycles. The van der Waals surface area contributed by atoms with Gasteiger partial charge < -0.3 is 29.6 Å². The molecule has 1 aliphatic rings. The first-order chi connectivity index (χ1) is 12.5. The highest BCUT2D eigenvalue weighted by Crippen LogP contribution is 2.35. The van der Waals surface area contributed by atoms with Crippen molar-refractivity contribution in [2.75, 3.05) is 34.0 Å². The summed E-state index contributed by atoms with van der Waals surface area (Å²) < 4.78 is 21.1. The first kappa shape index (κ1) is 19.6. The van der Waals surface area contributed by atoms with E-state index in [4.69, 9.17) is 18.9 Å². The molecule has 8 heteroatoms. The van der Waals surface area contributed by atoms with Crippen LogP contribution in [0.5, 0.6) is 11.5 Å². The molecule has 8 nitrogen and oxygen atoms in total. The number of methoxy groups -OCH3 is 2. The van der Waals surface area contributed by atoms with Crippen LogP contribution in [0.25, 0.3) is 0 Å². The van der Waals surface area contributed by atoms with Crippen LogP contribution in [-0.4, -0.2) is 46.0 Å². The van der Waals surface area contributed by atoms with Crippen molar-refractivity contribution in [3.63, 3.8) is 0 Å². The van der Waals surface area contributed by atoms with E-state index in [9.17, 15) is 9.59 Å². The number of allylic oxidation sites excluding steroid dienone is 1. The van der Waals surface area contributed by atoms with Crippen LogP contribution in [0.2, 0.25) is 0 Å². The van der Waals surface area contributed by atoms with Crippen molar-refractivity contribution in [1.29, 1.82) is 0 Å². The number of nitrogens with one attached hydrogen (secondary N) is 2. The van der Waals surface area contributed by atoms with E-state index in [0.717, 1.165) is 0 Å². The molecular weight excluding hydrogens is 340 g/mol. The average Bonchev–Trinajstić information content (AvgIpc) is 2.63. The van der Waals surface area contributed by atoms with E-state index in [-0.39, 0.29) is 6.61 Å². The number of hydrogen-bond donors (Lipinski definition) is 2. The molecule has 2 N–H and O–H groups in total. The summed E-state index contributed by atoms with van der Waals surface area (Å²) in [5, 5.41) is 5.35. The van der Waals surface area contributed by atoms with Gasteiger partial charge in [0, 0.05) is 23.9 Å². The standard InChI is InChI=1S/C18H24N2O6/c1-5-25-8-9-26-17(21)15-11(2)19-18(22)20-16(15)13-7-6-12(23-3)10-14(13)24-4/h6-7,10,16H,5,8-9H2,1-4H3,(H2,19,20,22)/t16-/m0/s1. The maximum atomic E-state index is 12.6. The molecule has 1 heterocycles. The Morgan fingerprint density at radius 2 is 1.96 bits per heavy atom. The number of rotatable bonds is 8. The summed E-state index contributed by atoms with van der Waals surface area (Å²) in [4.78, 5) is 24.5. The van der Waals surface area contributed by atoms with E-state index in [0.29, 0.717) is 41.5 Å². The molecule has 0 bridgehead atoms. The highest BCUT2D eigenvalue weighted by atomic mass is 16.6. The third-order valence-corrected chi connectivity index (χ3v) is 3.91. The quantitative estimate of drug-likeness (QED) is 0.540. The lowest BCUT2D eigenvalue weighted by Crippen LogP contribution is -2.45. The third-order valence-electron chi connectivity index (χ3n) is 3.91. The van der Waals surface area contributed by atoms with E-state index in [1.807, 2.05) is 6.92 Å². The normalized spacial score (nSPS) is 16.6. The van der Waals surface area contributed by atoms with Crippen molar-refractivity contribution in [1.82, 2.24) is 10.6 Å². The second-order valence-corrected chi connectivity index (χ2v) is 5.51. The zero-order valence-corrected chi connectivity index (χ0v) is 15.4. The Morgan fingerprint density at radius 1 is 1.19 bits per heavy atom. The summed E-state index contributed by atoms with van der Waals surface area (Å²) >= 11 is 0. The van der Waals surface area contributed by atoms with Crippen LogP contribution in [0.1, 0.15) is 25.5 Å². The van der Waals surface area contributed by atoms with Gasteiger partial charge in [0.25, 0.3) is 0 Å². The van der Waals surface area contributed by atoms with Crippen LogP contribution in [0.4, 0.5) is 4.79 Å². The maximum absolute atomic E-state index is 12.6. The minimum absolute atomic E-state index is 0.129. The fraction of sp³-hybridized carbons (Fsp3) is 0.444. The number of hydrogen-bond acceptors (Lipinski definition) is 6. The Balaban J connectivity index is 2.33. The second-order valence-electron chi connectivity index (χ2n) is 5.51. The van der Waals surface area contributed by atoms with E-state index < -0.39 is 18.0 Å². The minimum atomic E-state index is -0.704. The van der Waals surface area contributed by atoms with E-state index >= 15 is 0 Å². The van der Waals surface area contributed by atoms with Crippen LogP contribution < -0.4 is 20.1 Å². The number of amides is 2. The molecule has 0 saturated carbocycles. The largest absolute Gasteiger partial charge is 0.497 e. The Kier molecular flexibility index (Phi) is 6.85. The number of ether oxygens (including phenoxy) is 4. The van der Waals surface area contributed by atoms with Gasteiger partial charge in [-0.25, -0.2) is 9.59 Å². The van der Waals surface area contributed by atoms with Gasteiger partial charge in [0.1, 0.15) is 18.1 Å². The molecule has 26 heavy (non-hydrogen) atoms. The highest BCUT2D eigenvalue weighted by Gasteiger charge is 2.34. The van der Waals surface area contributed by atoms with Crippen LogP contribution in [0.3, 0.4) is 0 Å². The van der Waals surface area contributed by atoms with Crippen LogP contribution >= 0.6 is 0 Å². The van der Waals surface area contributed by atoms with E-state index in [1.165, 1.54) is 7.11 Å². The molecule has 1 aromatic rings. The van der Waals surface area contributed by atoms with Crippen molar-refractivity contribution >= 4 is 12.0 Å². The topological polar surface area (TPSA) is 95.1 Å². The Labute approximate surface area is 152 Å². The number of esters is 1. The molecule has 2 amide bonds. The zero-order chi connectivity index (χ0) is 19.1. The highest BCUT2D eigenvalue weighted by molar-refractivity contribution is 5.95. The van der Waals surface area contributed by atoms with Gasteiger partial charge in [-0.15, -0.1) is 0 Å². The summed E-state index contributed by atoms with van der Waals surface area (Å²) in [5.74, 6) is 0.564. The van der Waals surface area contributed by atoms with Gasteiger partial charge in [0.2, 0.25) is 0 Å². The van der Waals surface area contributed by atoms with Crippen molar-refractivity contribution in [2.24, 2.45) is 0 Å². The molecule has 142 valence electrons. The molecule has 0 aliphatic carbocycles. The molecule has 0 saturated heterocycles. The fourth-order valence-corrected chi connectivity index (χ4v) is 2.67. The van der Waals surface area contributed by atoms with Crippen molar-refractivity contribution in [2.45, 2.75) is 19.9 Å². The lowest BCUT2D eigenvalue weighted by molar-refractivity contribution is -0.141. The zero-order valence-electron chi connectivity index (χ0n) is 15.4. The lowest BCUT2D eigenvalue weighted by atomic mass is 9.94. The van der Waals surface area contributed by atoms with Gasteiger partial charge in [-0.05, 0) is 26.0 Å². The summed E-state index contributed by atoms with van der Waals surface area (Å²) in [6.45, 7) is 4.50. The van der Waals surface area contributed by atoms with Gasteiger partial charge in [-0.2, -0.15) is 0 Å². The first-order valence-electron chi connectivity index (χ1n) is 8.26. The van der Waals surface area contributed by atoms with Gasteiger partial charge in [0.15, 0.2) is 0 Å². The molecule has 0 radical (unpaired) electrons. The fourth-order valence-electron chi connectivity index (χ4n) is 2.67. The smallest absolute Gasteiger partial charge is 0.338 e. The Morgan fingerprint density at radius 3 is 2.62 bits per heavy atom. The van der Waals surface area contributed by atoms with Crippen molar-refractivity contribution in [3.05, 3.63) is 35.0 Å². The summed E-state index contributed by atoms with van der Waals surface area (Å²) in [6, 6.07) is 4.06. The maximum Gasteiger partial charge on any atom is 0.338 e. The van der Waals surface area contributed by atoms with E-state index in [1.54, 1.807) is 32.2 Å². The number of carbonyl (C=O) groups excluding carboxylic acids is 2. The monoisotopic (exact) mass is 364 g/mol.